The van der Waals surface area contributed by atoms with Gasteiger partial charge in [0.25, 0.3) is 0 Å². The van der Waals surface area contributed by atoms with Gasteiger partial charge in [-0.2, -0.15) is 0 Å². The fraction of sp³-hybridized carbons (Fsp3) is 0.636. The Hall–Kier alpha value is -1.59. The second kappa shape index (κ2) is 10.3. The number of halogens is 1. The molecule has 28 heavy (non-hydrogen) atoms. The van der Waals surface area contributed by atoms with Crippen molar-refractivity contribution in [1.82, 2.24) is 9.80 Å². The molecule has 1 aromatic carbocycles. The van der Waals surface area contributed by atoms with Crippen LogP contribution in [-0.4, -0.2) is 61.5 Å². The van der Waals surface area contributed by atoms with E-state index in [4.69, 9.17) is 16.3 Å². The predicted octanol–water partition coefficient (Wildman–Crippen LogP) is 3.40. The van der Waals surface area contributed by atoms with Crippen molar-refractivity contribution >= 4 is 23.4 Å². The molecule has 1 aromatic rings. The van der Waals surface area contributed by atoms with Gasteiger partial charge in [-0.05, 0) is 55.7 Å². The zero-order valence-corrected chi connectivity index (χ0v) is 17.5. The van der Waals surface area contributed by atoms with E-state index in [1.165, 1.54) is 0 Å². The number of hydrogen-bond donors (Lipinski definition) is 0. The minimum absolute atomic E-state index is 0.0809. The van der Waals surface area contributed by atoms with Crippen LogP contribution in [0.15, 0.2) is 24.3 Å². The second-order valence-corrected chi connectivity index (χ2v) is 8.49. The Morgan fingerprint density at radius 1 is 1.21 bits per heavy atom. The van der Waals surface area contributed by atoms with Gasteiger partial charge >= 0.3 is 0 Å². The largest absolute Gasteiger partial charge is 0.381 e. The monoisotopic (exact) mass is 406 g/mol. The van der Waals surface area contributed by atoms with E-state index in [2.05, 4.69) is 0 Å². The highest BCUT2D eigenvalue weighted by molar-refractivity contribution is 6.30. The zero-order valence-electron chi connectivity index (χ0n) is 16.7. The van der Waals surface area contributed by atoms with Gasteiger partial charge in [0.1, 0.15) is 0 Å². The Labute approximate surface area is 173 Å². The number of nitrogens with zero attached hydrogens (tertiary/aromatic N) is 2. The maximum atomic E-state index is 12.9. The third-order valence-electron chi connectivity index (χ3n) is 6.02. The van der Waals surface area contributed by atoms with Gasteiger partial charge < -0.3 is 14.5 Å². The first kappa shape index (κ1) is 21.1. The number of ether oxygens (including phenoxy) is 1. The van der Waals surface area contributed by atoms with Crippen molar-refractivity contribution < 1.29 is 14.3 Å². The maximum absolute atomic E-state index is 12.9. The molecule has 0 N–H and O–H groups in total. The number of carbonyl (C=O) groups excluding carboxylic acids is 2. The van der Waals surface area contributed by atoms with E-state index in [1.807, 2.05) is 41.1 Å². The quantitative estimate of drug-likeness (QED) is 0.697. The topological polar surface area (TPSA) is 49.9 Å². The second-order valence-electron chi connectivity index (χ2n) is 8.06. The molecule has 2 fully saturated rings. The van der Waals surface area contributed by atoms with Crippen LogP contribution in [0.5, 0.6) is 0 Å². The summed E-state index contributed by atoms with van der Waals surface area (Å²) < 4.78 is 5.41. The molecular weight excluding hydrogens is 376 g/mol. The van der Waals surface area contributed by atoms with Crippen LogP contribution in [0.4, 0.5) is 0 Å². The van der Waals surface area contributed by atoms with E-state index in [-0.39, 0.29) is 17.7 Å². The molecule has 0 aromatic heterocycles. The lowest BCUT2D eigenvalue weighted by atomic mass is 9.94. The molecule has 0 saturated carbocycles. The smallest absolute Gasteiger partial charge is 0.227 e. The van der Waals surface area contributed by atoms with E-state index in [9.17, 15) is 9.59 Å². The SMILES string of the molecule is CN(CCC1CCOCC1)C(=O)[C@H]1CCC(=O)N(CCc2ccc(Cl)cc2)C1. The highest BCUT2D eigenvalue weighted by atomic mass is 35.5. The van der Waals surface area contributed by atoms with Crippen molar-refractivity contribution in [2.24, 2.45) is 11.8 Å². The summed E-state index contributed by atoms with van der Waals surface area (Å²) in [7, 11) is 1.90. The van der Waals surface area contributed by atoms with E-state index in [0.29, 0.717) is 36.9 Å². The molecule has 2 saturated heterocycles. The summed E-state index contributed by atoms with van der Waals surface area (Å²) in [6, 6.07) is 7.72. The lowest BCUT2D eigenvalue weighted by Gasteiger charge is -2.34. The van der Waals surface area contributed by atoms with Crippen molar-refractivity contribution in [1.29, 1.82) is 0 Å². The molecular formula is C22H31ClN2O3. The van der Waals surface area contributed by atoms with Gasteiger partial charge in [-0.1, -0.05) is 23.7 Å². The maximum Gasteiger partial charge on any atom is 0.227 e. The number of rotatable bonds is 7. The highest BCUT2D eigenvalue weighted by Crippen LogP contribution is 2.22. The third-order valence-corrected chi connectivity index (χ3v) is 6.27. The van der Waals surface area contributed by atoms with E-state index < -0.39 is 0 Å². The summed E-state index contributed by atoms with van der Waals surface area (Å²) in [5.41, 5.74) is 1.15. The summed E-state index contributed by atoms with van der Waals surface area (Å²) in [6.07, 6.45) is 5.14. The van der Waals surface area contributed by atoms with Crippen LogP contribution in [0.3, 0.4) is 0 Å². The normalized spacial score (nSPS) is 21.0. The Kier molecular flexibility index (Phi) is 7.74. The van der Waals surface area contributed by atoms with Crippen LogP contribution in [-0.2, 0) is 20.7 Å². The zero-order chi connectivity index (χ0) is 19.9. The Morgan fingerprint density at radius 3 is 2.64 bits per heavy atom. The molecule has 2 amide bonds. The molecule has 1 atom stereocenters. The van der Waals surface area contributed by atoms with Crippen LogP contribution < -0.4 is 0 Å². The van der Waals surface area contributed by atoms with Gasteiger partial charge in [-0.3, -0.25) is 9.59 Å². The van der Waals surface area contributed by atoms with Gasteiger partial charge in [-0.15, -0.1) is 0 Å². The number of hydrogen-bond acceptors (Lipinski definition) is 3. The van der Waals surface area contributed by atoms with E-state index in [0.717, 1.165) is 51.0 Å². The molecule has 0 radical (unpaired) electrons. The van der Waals surface area contributed by atoms with Crippen LogP contribution >= 0.6 is 11.6 Å². The van der Waals surface area contributed by atoms with Crippen LogP contribution in [0.25, 0.3) is 0 Å². The molecule has 0 unspecified atom stereocenters. The average Bonchev–Trinajstić information content (AvgIpc) is 2.73. The molecule has 3 rings (SSSR count). The first-order valence-electron chi connectivity index (χ1n) is 10.4. The standard InChI is InChI=1S/C22H31ClN2O3/c1-24(12-8-18-10-14-28-15-11-18)22(27)19-4-7-21(26)25(16-19)13-9-17-2-5-20(23)6-3-17/h2-3,5-6,18-19H,4,7-16H2,1H3/t19-/m0/s1. The van der Waals surface area contributed by atoms with Crippen molar-refractivity contribution in [2.45, 2.75) is 38.5 Å². The van der Waals surface area contributed by atoms with E-state index in [1.54, 1.807) is 0 Å². The van der Waals surface area contributed by atoms with Gasteiger partial charge in [0.15, 0.2) is 0 Å². The third kappa shape index (κ3) is 5.95. The summed E-state index contributed by atoms with van der Waals surface area (Å²) in [5, 5.41) is 0.715. The Bertz CT molecular complexity index is 658. The molecule has 2 heterocycles. The number of amides is 2. The number of likely N-dealkylation sites (tertiary alicyclic amines) is 1. The first-order valence-corrected chi connectivity index (χ1v) is 10.8. The molecule has 0 spiro atoms. The first-order chi connectivity index (χ1) is 13.5. The number of piperidine rings is 1. The van der Waals surface area contributed by atoms with Gasteiger partial charge in [0, 0.05) is 51.3 Å². The van der Waals surface area contributed by atoms with Gasteiger partial charge in [-0.25, -0.2) is 0 Å². The van der Waals surface area contributed by atoms with Gasteiger partial charge in [0.05, 0.1) is 5.92 Å². The number of carbonyl (C=O) groups is 2. The molecule has 5 nitrogen and oxygen atoms in total. The van der Waals surface area contributed by atoms with Crippen molar-refractivity contribution in [3.05, 3.63) is 34.9 Å². The average molecular weight is 407 g/mol. The minimum atomic E-state index is -0.0809. The molecule has 2 aliphatic rings. The fourth-order valence-electron chi connectivity index (χ4n) is 4.08. The Morgan fingerprint density at radius 2 is 1.93 bits per heavy atom. The summed E-state index contributed by atoms with van der Waals surface area (Å²) >= 11 is 5.93. The van der Waals surface area contributed by atoms with Crippen molar-refractivity contribution in [3.63, 3.8) is 0 Å². The minimum Gasteiger partial charge on any atom is -0.381 e. The van der Waals surface area contributed by atoms with Crippen LogP contribution in [0.2, 0.25) is 5.02 Å². The molecule has 0 aliphatic carbocycles. The predicted molar refractivity (Wildman–Crippen MR) is 110 cm³/mol. The van der Waals surface area contributed by atoms with Crippen molar-refractivity contribution in [3.8, 4) is 0 Å². The summed E-state index contributed by atoms with van der Waals surface area (Å²) in [5.74, 6) is 0.911. The fourth-order valence-corrected chi connectivity index (χ4v) is 4.21. The molecule has 2 aliphatic heterocycles. The molecule has 0 bridgehead atoms. The number of benzene rings is 1. The lowest BCUT2D eigenvalue weighted by molar-refractivity contribution is -0.142. The molecule has 154 valence electrons. The van der Waals surface area contributed by atoms with Crippen LogP contribution in [0, 0.1) is 11.8 Å². The van der Waals surface area contributed by atoms with Crippen LogP contribution in [0.1, 0.15) is 37.7 Å². The summed E-state index contributed by atoms with van der Waals surface area (Å²) in [6.45, 7) is 3.66. The summed E-state index contributed by atoms with van der Waals surface area (Å²) in [4.78, 5) is 28.9. The van der Waals surface area contributed by atoms with Gasteiger partial charge in [0.2, 0.25) is 11.8 Å². The highest BCUT2D eigenvalue weighted by Gasteiger charge is 2.31. The van der Waals surface area contributed by atoms with E-state index >= 15 is 0 Å². The van der Waals surface area contributed by atoms with Crippen molar-refractivity contribution in [2.75, 3.05) is 39.9 Å². The lowest BCUT2D eigenvalue weighted by Crippen LogP contribution is -2.47. The molecule has 6 heteroatoms. The Balaban J connectivity index is 1.47.